The summed E-state index contributed by atoms with van der Waals surface area (Å²) in [6.07, 6.45) is 5.39. The van der Waals surface area contributed by atoms with Gasteiger partial charge in [-0.2, -0.15) is 0 Å². The SMILES string of the molecule is CCCNC(c1ccc(Br)cc1)C1CCC1. The fraction of sp³-hybridized carbons (Fsp3) is 0.571. The molecular formula is C14H20BrN. The van der Waals surface area contributed by atoms with Crippen LogP contribution >= 0.6 is 15.9 Å². The zero-order valence-corrected chi connectivity index (χ0v) is 11.5. The number of halogens is 1. The highest BCUT2D eigenvalue weighted by Gasteiger charge is 2.27. The molecule has 1 fully saturated rings. The molecule has 1 aliphatic carbocycles. The van der Waals surface area contributed by atoms with E-state index in [0.29, 0.717) is 6.04 Å². The minimum absolute atomic E-state index is 0.571. The van der Waals surface area contributed by atoms with Crippen LogP contribution in [0.15, 0.2) is 28.7 Å². The lowest BCUT2D eigenvalue weighted by atomic mass is 9.77. The monoisotopic (exact) mass is 281 g/mol. The van der Waals surface area contributed by atoms with Crippen LogP contribution in [0, 0.1) is 5.92 Å². The van der Waals surface area contributed by atoms with E-state index in [-0.39, 0.29) is 0 Å². The van der Waals surface area contributed by atoms with E-state index >= 15 is 0 Å². The van der Waals surface area contributed by atoms with Crippen molar-refractivity contribution in [3.8, 4) is 0 Å². The zero-order chi connectivity index (χ0) is 11.4. The Kier molecular flexibility index (Phi) is 4.42. The maximum absolute atomic E-state index is 3.69. The first-order valence-electron chi connectivity index (χ1n) is 6.30. The predicted molar refractivity (Wildman–Crippen MR) is 72.5 cm³/mol. The highest BCUT2D eigenvalue weighted by molar-refractivity contribution is 9.10. The Bertz CT molecular complexity index is 316. The minimum Gasteiger partial charge on any atom is -0.310 e. The third-order valence-corrected chi connectivity index (χ3v) is 3.99. The summed E-state index contributed by atoms with van der Waals surface area (Å²) < 4.78 is 1.17. The molecule has 0 aromatic heterocycles. The molecule has 2 heteroatoms. The molecule has 1 saturated carbocycles. The van der Waals surface area contributed by atoms with Gasteiger partial charge >= 0.3 is 0 Å². The first kappa shape index (κ1) is 12.1. The Morgan fingerprint density at radius 2 is 2.00 bits per heavy atom. The van der Waals surface area contributed by atoms with Gasteiger partial charge in [-0.1, -0.05) is 41.4 Å². The zero-order valence-electron chi connectivity index (χ0n) is 9.88. The van der Waals surface area contributed by atoms with E-state index in [0.717, 1.165) is 12.5 Å². The van der Waals surface area contributed by atoms with Gasteiger partial charge in [0.15, 0.2) is 0 Å². The number of benzene rings is 1. The lowest BCUT2D eigenvalue weighted by molar-refractivity contribution is 0.231. The fourth-order valence-electron chi connectivity index (χ4n) is 2.30. The van der Waals surface area contributed by atoms with Gasteiger partial charge in [0.25, 0.3) is 0 Å². The molecule has 0 heterocycles. The number of hydrogen-bond acceptors (Lipinski definition) is 1. The van der Waals surface area contributed by atoms with Crippen molar-refractivity contribution in [2.75, 3.05) is 6.54 Å². The minimum atomic E-state index is 0.571. The van der Waals surface area contributed by atoms with Crippen molar-refractivity contribution in [1.82, 2.24) is 5.32 Å². The number of nitrogens with one attached hydrogen (secondary N) is 1. The average molecular weight is 282 g/mol. The summed E-state index contributed by atoms with van der Waals surface area (Å²) in [6.45, 7) is 3.35. The Morgan fingerprint density at radius 3 is 2.50 bits per heavy atom. The van der Waals surface area contributed by atoms with Crippen molar-refractivity contribution >= 4 is 15.9 Å². The van der Waals surface area contributed by atoms with Crippen LogP contribution in [-0.4, -0.2) is 6.54 Å². The molecule has 16 heavy (non-hydrogen) atoms. The van der Waals surface area contributed by atoms with Crippen molar-refractivity contribution in [2.24, 2.45) is 5.92 Å². The molecule has 0 spiro atoms. The summed E-state index contributed by atoms with van der Waals surface area (Å²) in [6, 6.07) is 9.36. The van der Waals surface area contributed by atoms with Crippen LogP contribution in [0.25, 0.3) is 0 Å². The molecular weight excluding hydrogens is 262 g/mol. The summed E-state index contributed by atoms with van der Waals surface area (Å²) in [4.78, 5) is 0. The standard InChI is InChI=1S/C14H20BrN/c1-2-10-16-14(11-4-3-5-11)12-6-8-13(15)9-7-12/h6-9,11,14,16H,2-5,10H2,1H3. The third-order valence-electron chi connectivity index (χ3n) is 3.46. The fourth-order valence-corrected chi connectivity index (χ4v) is 2.56. The van der Waals surface area contributed by atoms with Crippen molar-refractivity contribution in [1.29, 1.82) is 0 Å². The van der Waals surface area contributed by atoms with Gasteiger partial charge in [0.2, 0.25) is 0 Å². The van der Waals surface area contributed by atoms with Crippen LogP contribution in [0.5, 0.6) is 0 Å². The second kappa shape index (κ2) is 5.83. The molecule has 1 N–H and O–H groups in total. The number of hydrogen-bond donors (Lipinski definition) is 1. The Labute approximate surface area is 107 Å². The molecule has 0 saturated heterocycles. The van der Waals surface area contributed by atoms with Crippen molar-refractivity contribution in [2.45, 2.75) is 38.6 Å². The van der Waals surface area contributed by atoms with Gasteiger partial charge in [-0.05, 0) is 49.4 Å². The Hall–Kier alpha value is -0.340. The largest absolute Gasteiger partial charge is 0.310 e. The number of rotatable bonds is 5. The second-order valence-corrected chi connectivity index (χ2v) is 5.59. The van der Waals surface area contributed by atoms with E-state index in [4.69, 9.17) is 0 Å². The lowest BCUT2D eigenvalue weighted by Gasteiger charge is -2.35. The van der Waals surface area contributed by atoms with Gasteiger partial charge in [-0.15, -0.1) is 0 Å². The van der Waals surface area contributed by atoms with Crippen molar-refractivity contribution in [3.05, 3.63) is 34.3 Å². The average Bonchev–Trinajstić information content (AvgIpc) is 2.23. The third kappa shape index (κ3) is 2.86. The molecule has 0 bridgehead atoms. The molecule has 88 valence electrons. The summed E-state index contributed by atoms with van der Waals surface area (Å²) in [7, 11) is 0. The molecule has 1 aliphatic rings. The molecule has 0 amide bonds. The van der Waals surface area contributed by atoms with Gasteiger partial charge in [0.05, 0.1) is 0 Å². The molecule has 1 aromatic rings. The highest BCUT2D eigenvalue weighted by Crippen LogP contribution is 2.37. The van der Waals surface area contributed by atoms with Crippen LogP contribution in [0.1, 0.15) is 44.2 Å². The molecule has 1 atom stereocenters. The molecule has 2 rings (SSSR count). The molecule has 0 aliphatic heterocycles. The quantitative estimate of drug-likeness (QED) is 0.849. The first-order chi connectivity index (χ1) is 7.81. The van der Waals surface area contributed by atoms with Crippen LogP contribution < -0.4 is 5.32 Å². The summed E-state index contributed by atoms with van der Waals surface area (Å²) in [5.74, 6) is 0.854. The maximum atomic E-state index is 3.69. The van der Waals surface area contributed by atoms with Crippen LogP contribution in [0.3, 0.4) is 0 Å². The van der Waals surface area contributed by atoms with E-state index in [2.05, 4.69) is 52.4 Å². The lowest BCUT2D eigenvalue weighted by Crippen LogP contribution is -2.32. The van der Waals surface area contributed by atoms with Gasteiger partial charge in [-0.25, -0.2) is 0 Å². The van der Waals surface area contributed by atoms with E-state index < -0.39 is 0 Å². The maximum Gasteiger partial charge on any atom is 0.0348 e. The highest BCUT2D eigenvalue weighted by atomic mass is 79.9. The Morgan fingerprint density at radius 1 is 1.31 bits per heavy atom. The van der Waals surface area contributed by atoms with E-state index in [9.17, 15) is 0 Å². The van der Waals surface area contributed by atoms with Crippen molar-refractivity contribution < 1.29 is 0 Å². The molecule has 1 nitrogen and oxygen atoms in total. The van der Waals surface area contributed by atoms with E-state index in [1.807, 2.05) is 0 Å². The smallest absolute Gasteiger partial charge is 0.0348 e. The molecule has 1 unspecified atom stereocenters. The topological polar surface area (TPSA) is 12.0 Å². The predicted octanol–water partition coefficient (Wildman–Crippen LogP) is 4.29. The van der Waals surface area contributed by atoms with Crippen molar-refractivity contribution in [3.63, 3.8) is 0 Å². The van der Waals surface area contributed by atoms with E-state index in [1.165, 1.54) is 35.7 Å². The van der Waals surface area contributed by atoms with Gasteiger partial charge in [0.1, 0.15) is 0 Å². The van der Waals surface area contributed by atoms with Gasteiger partial charge in [0, 0.05) is 10.5 Å². The van der Waals surface area contributed by atoms with Gasteiger partial charge in [-0.3, -0.25) is 0 Å². The van der Waals surface area contributed by atoms with Crippen LogP contribution in [-0.2, 0) is 0 Å². The normalized spacial score (nSPS) is 18.1. The summed E-state index contributed by atoms with van der Waals surface area (Å²) >= 11 is 3.49. The van der Waals surface area contributed by atoms with E-state index in [1.54, 1.807) is 0 Å². The summed E-state index contributed by atoms with van der Waals surface area (Å²) in [5, 5.41) is 3.69. The van der Waals surface area contributed by atoms with Gasteiger partial charge < -0.3 is 5.32 Å². The molecule has 0 radical (unpaired) electrons. The molecule has 1 aromatic carbocycles. The Balaban J connectivity index is 2.07. The first-order valence-corrected chi connectivity index (χ1v) is 7.09. The summed E-state index contributed by atoms with van der Waals surface area (Å²) in [5.41, 5.74) is 1.45. The van der Waals surface area contributed by atoms with Crippen LogP contribution in [0.2, 0.25) is 0 Å². The second-order valence-electron chi connectivity index (χ2n) is 4.67. The van der Waals surface area contributed by atoms with Crippen LogP contribution in [0.4, 0.5) is 0 Å².